The molecule has 0 bridgehead atoms. The number of amides is 1. The summed E-state index contributed by atoms with van der Waals surface area (Å²) in [6.45, 7) is 0.791. The van der Waals surface area contributed by atoms with E-state index in [1.54, 1.807) is 0 Å². The first-order valence-electron chi connectivity index (χ1n) is 5.91. The molecular weight excluding hydrogens is 356 g/mol. The van der Waals surface area contributed by atoms with Gasteiger partial charge in [-0.05, 0) is 19.1 Å². The predicted molar refractivity (Wildman–Crippen MR) is 67.9 cm³/mol. The van der Waals surface area contributed by atoms with Gasteiger partial charge >= 0.3 is 24.1 Å². The summed E-state index contributed by atoms with van der Waals surface area (Å²) >= 11 is 5.48. The van der Waals surface area contributed by atoms with Crippen LogP contribution in [-0.2, 0) is 4.74 Å². The minimum atomic E-state index is -5.96. The Kier molecular flexibility index (Phi) is 5.56. The summed E-state index contributed by atoms with van der Waals surface area (Å²) in [5, 5.41) is 1.31. The van der Waals surface area contributed by atoms with Gasteiger partial charge in [-0.25, -0.2) is 9.78 Å². The molecule has 0 aliphatic carbocycles. The van der Waals surface area contributed by atoms with Gasteiger partial charge in [-0.2, -0.15) is 26.3 Å². The SMILES string of the molecule is CCOC(=O)NC(Nc1cccnc1Cl)(C(F)(F)F)C(F)(F)F. The van der Waals surface area contributed by atoms with Crippen LogP contribution in [0.5, 0.6) is 0 Å². The van der Waals surface area contributed by atoms with Crippen molar-refractivity contribution in [2.75, 3.05) is 11.9 Å². The highest BCUT2D eigenvalue weighted by Gasteiger charge is 2.73. The lowest BCUT2D eigenvalue weighted by atomic mass is 10.1. The monoisotopic (exact) mass is 365 g/mol. The van der Waals surface area contributed by atoms with E-state index in [2.05, 4.69) is 9.72 Å². The summed E-state index contributed by atoms with van der Waals surface area (Å²) in [5.74, 6) is 0. The van der Waals surface area contributed by atoms with E-state index in [9.17, 15) is 31.1 Å². The van der Waals surface area contributed by atoms with E-state index < -0.39 is 41.6 Å². The van der Waals surface area contributed by atoms with Gasteiger partial charge in [0.05, 0.1) is 12.3 Å². The third-order valence-corrected chi connectivity index (χ3v) is 2.80. The van der Waals surface area contributed by atoms with Crippen LogP contribution in [0.25, 0.3) is 0 Å². The topological polar surface area (TPSA) is 63.2 Å². The van der Waals surface area contributed by atoms with Crippen LogP contribution in [0.4, 0.5) is 36.8 Å². The number of halogens is 7. The van der Waals surface area contributed by atoms with Crippen molar-refractivity contribution in [1.29, 1.82) is 0 Å². The fraction of sp³-hybridized carbons (Fsp3) is 0.455. The Morgan fingerprint density at radius 2 is 1.83 bits per heavy atom. The van der Waals surface area contributed by atoms with E-state index in [1.165, 1.54) is 12.2 Å². The molecule has 23 heavy (non-hydrogen) atoms. The van der Waals surface area contributed by atoms with E-state index in [0.717, 1.165) is 23.6 Å². The summed E-state index contributed by atoms with van der Waals surface area (Å²) in [6, 6.07) is 1.91. The smallest absolute Gasteiger partial charge is 0.439 e. The van der Waals surface area contributed by atoms with Crippen LogP contribution in [0.3, 0.4) is 0 Å². The molecule has 0 unspecified atom stereocenters. The molecule has 0 spiro atoms. The largest absolute Gasteiger partial charge is 0.450 e. The van der Waals surface area contributed by atoms with Crippen LogP contribution < -0.4 is 10.6 Å². The molecule has 1 aromatic heterocycles. The number of hydrogen-bond acceptors (Lipinski definition) is 4. The molecule has 1 rings (SSSR count). The first-order chi connectivity index (χ1) is 10.4. The number of carbonyl (C=O) groups is 1. The maximum Gasteiger partial charge on any atom is 0.439 e. The molecule has 5 nitrogen and oxygen atoms in total. The van der Waals surface area contributed by atoms with Gasteiger partial charge in [0.1, 0.15) is 0 Å². The maximum absolute atomic E-state index is 13.2. The molecule has 0 atom stereocenters. The fourth-order valence-electron chi connectivity index (χ4n) is 1.48. The first-order valence-corrected chi connectivity index (χ1v) is 6.29. The normalized spacial score (nSPS) is 12.7. The van der Waals surface area contributed by atoms with Crippen LogP contribution >= 0.6 is 11.6 Å². The van der Waals surface area contributed by atoms with Crippen molar-refractivity contribution >= 4 is 23.4 Å². The number of alkyl halides is 6. The van der Waals surface area contributed by atoms with Crippen LogP contribution in [0, 0.1) is 0 Å². The second-order valence-corrected chi connectivity index (χ2v) is 4.42. The molecule has 0 saturated heterocycles. The molecule has 130 valence electrons. The fourth-order valence-corrected chi connectivity index (χ4v) is 1.64. The molecule has 1 amide bonds. The van der Waals surface area contributed by atoms with Crippen molar-refractivity contribution in [3.8, 4) is 0 Å². The molecule has 2 N–H and O–H groups in total. The maximum atomic E-state index is 13.2. The van der Waals surface area contributed by atoms with Gasteiger partial charge in [-0.15, -0.1) is 0 Å². The Bertz CT molecular complexity index is 549. The quantitative estimate of drug-likeness (QED) is 0.485. The number of hydrogen-bond donors (Lipinski definition) is 2. The summed E-state index contributed by atoms with van der Waals surface area (Å²) in [6.07, 6.45) is -12.8. The number of ether oxygens (including phenoxy) is 1. The summed E-state index contributed by atoms with van der Waals surface area (Å²) in [4.78, 5) is 14.6. The Hall–Kier alpha value is -1.91. The van der Waals surface area contributed by atoms with Gasteiger partial charge in [0.25, 0.3) is 0 Å². The first kappa shape index (κ1) is 19.1. The highest BCUT2D eigenvalue weighted by molar-refractivity contribution is 6.31. The molecule has 0 saturated carbocycles. The number of anilines is 1. The van der Waals surface area contributed by atoms with E-state index in [4.69, 9.17) is 11.6 Å². The van der Waals surface area contributed by atoms with Crippen LogP contribution in [0.15, 0.2) is 18.3 Å². The van der Waals surface area contributed by atoms with Gasteiger partial charge in [-0.3, -0.25) is 5.32 Å². The average Bonchev–Trinajstić information content (AvgIpc) is 2.38. The molecule has 12 heteroatoms. The second kappa shape index (κ2) is 6.69. The number of alkyl carbamates (subject to hydrolysis) is 1. The van der Waals surface area contributed by atoms with Gasteiger partial charge in [-0.1, -0.05) is 11.6 Å². The zero-order valence-electron chi connectivity index (χ0n) is 11.3. The van der Waals surface area contributed by atoms with E-state index in [1.807, 2.05) is 0 Å². The number of rotatable bonds is 4. The van der Waals surface area contributed by atoms with Crippen LogP contribution in [-0.4, -0.2) is 35.7 Å². The summed E-state index contributed by atoms with van der Waals surface area (Å²) in [5.41, 5.74) is -5.58. The van der Waals surface area contributed by atoms with E-state index in [-0.39, 0.29) is 0 Å². The Morgan fingerprint density at radius 1 is 1.26 bits per heavy atom. The molecule has 0 radical (unpaired) electrons. The molecule has 0 fully saturated rings. The van der Waals surface area contributed by atoms with Crippen molar-refractivity contribution in [3.05, 3.63) is 23.5 Å². The molecule has 0 aliphatic heterocycles. The highest BCUT2D eigenvalue weighted by atomic mass is 35.5. The second-order valence-electron chi connectivity index (χ2n) is 4.06. The lowest BCUT2D eigenvalue weighted by Crippen LogP contribution is -2.72. The standard InChI is InChI=1S/C11H10ClF6N3O2/c1-2-23-8(22)21-9(10(13,14)15,11(16,17)18)20-6-4-3-5-19-7(6)12/h3-5,20H,2H2,1H3,(H,21,22). The number of pyridine rings is 1. The van der Waals surface area contributed by atoms with Crippen molar-refractivity contribution in [1.82, 2.24) is 10.3 Å². The third-order valence-electron chi connectivity index (χ3n) is 2.50. The minimum Gasteiger partial charge on any atom is -0.450 e. The third kappa shape index (κ3) is 4.09. The zero-order chi connectivity index (χ0) is 17.9. The zero-order valence-corrected chi connectivity index (χ0v) is 12.1. The number of carbonyl (C=O) groups excluding carboxylic acids is 1. The van der Waals surface area contributed by atoms with Gasteiger partial charge < -0.3 is 10.1 Å². The Labute approximate surface area is 131 Å². The highest BCUT2D eigenvalue weighted by Crippen LogP contribution is 2.44. The molecule has 1 aromatic rings. The van der Waals surface area contributed by atoms with Crippen molar-refractivity contribution in [2.24, 2.45) is 0 Å². The molecule has 0 aromatic carbocycles. The minimum absolute atomic E-state index is 0.425. The number of nitrogens with zero attached hydrogens (tertiary/aromatic N) is 1. The summed E-state index contributed by atoms with van der Waals surface area (Å²) in [7, 11) is 0. The Balaban J connectivity index is 3.39. The van der Waals surface area contributed by atoms with Crippen molar-refractivity contribution in [3.63, 3.8) is 0 Å². The molecule has 1 heterocycles. The molecule has 0 aliphatic rings. The van der Waals surface area contributed by atoms with Crippen LogP contribution in [0.2, 0.25) is 5.15 Å². The number of aromatic nitrogens is 1. The number of nitrogens with one attached hydrogen (secondary N) is 2. The van der Waals surface area contributed by atoms with E-state index >= 15 is 0 Å². The molecular formula is C11H10ClF6N3O2. The average molecular weight is 366 g/mol. The summed E-state index contributed by atoms with van der Waals surface area (Å²) < 4.78 is 83.2. The van der Waals surface area contributed by atoms with Crippen molar-refractivity contribution < 1.29 is 35.9 Å². The lowest BCUT2D eigenvalue weighted by molar-refractivity contribution is -0.294. The van der Waals surface area contributed by atoms with Crippen molar-refractivity contribution in [2.45, 2.75) is 24.9 Å². The van der Waals surface area contributed by atoms with E-state index in [0.29, 0.717) is 0 Å². The van der Waals surface area contributed by atoms with Crippen LogP contribution in [0.1, 0.15) is 6.92 Å². The van der Waals surface area contributed by atoms with Gasteiger partial charge in [0.2, 0.25) is 0 Å². The van der Waals surface area contributed by atoms with Gasteiger partial charge in [0, 0.05) is 6.20 Å². The van der Waals surface area contributed by atoms with Gasteiger partial charge in [0.15, 0.2) is 5.15 Å². The Morgan fingerprint density at radius 3 is 2.26 bits per heavy atom. The predicted octanol–water partition coefficient (Wildman–Crippen LogP) is 3.71. The lowest BCUT2D eigenvalue weighted by Gasteiger charge is -2.38.